The number of H-pyrrole nitrogens is 1. The molecule has 2 fully saturated rings. The van der Waals surface area contributed by atoms with Gasteiger partial charge in [0.1, 0.15) is 5.82 Å². The van der Waals surface area contributed by atoms with Gasteiger partial charge in [-0.1, -0.05) is 6.07 Å². The fourth-order valence-electron chi connectivity index (χ4n) is 5.17. The zero-order valence-electron chi connectivity index (χ0n) is 18.3. The highest BCUT2D eigenvalue weighted by atomic mass is 19.4. The first kappa shape index (κ1) is 23.4. The van der Waals surface area contributed by atoms with E-state index in [1.165, 1.54) is 35.2 Å². The van der Waals surface area contributed by atoms with Gasteiger partial charge < -0.3 is 5.32 Å². The average Bonchev–Trinajstić information content (AvgIpc) is 3.36. The van der Waals surface area contributed by atoms with E-state index in [9.17, 15) is 31.5 Å². The number of nitrogens with one attached hydrogen (secondary N) is 2. The number of hydrogen-bond donors (Lipinski definition) is 2. The fourth-order valence-corrected chi connectivity index (χ4v) is 5.17. The lowest BCUT2D eigenvalue weighted by atomic mass is 10.0. The molecule has 35 heavy (non-hydrogen) atoms. The second-order valence-corrected chi connectivity index (χ2v) is 9.12. The average molecular weight is 492 g/mol. The van der Waals surface area contributed by atoms with Crippen molar-refractivity contribution < 1.29 is 22.0 Å². The summed E-state index contributed by atoms with van der Waals surface area (Å²) in [6.45, 7) is 0.259. The molecular weight excluding hydrogens is 471 g/mol. The largest absolute Gasteiger partial charge is 0.416 e. The van der Waals surface area contributed by atoms with Gasteiger partial charge in [-0.15, -0.1) is 0 Å². The van der Waals surface area contributed by atoms with E-state index in [1.807, 2.05) is 0 Å². The fraction of sp³-hybridized carbons (Fsp3) is 0.375. The van der Waals surface area contributed by atoms with E-state index >= 15 is 0 Å². The first-order valence-corrected chi connectivity index (χ1v) is 11.2. The number of aromatic nitrogens is 3. The number of pyridine rings is 1. The maximum absolute atomic E-state index is 14.5. The molecule has 3 atom stereocenters. The predicted octanol–water partition coefficient (Wildman–Crippen LogP) is 3.95. The van der Waals surface area contributed by atoms with Crippen LogP contribution in [-0.2, 0) is 18.3 Å². The van der Waals surface area contributed by atoms with Gasteiger partial charge in [0, 0.05) is 41.6 Å². The molecule has 1 saturated heterocycles. The SMILES string of the molecule is O=c1[nH]c(=O)n(CCCC2C[C@@H]3C[C@]3(c3ccc(C(F)(F)F)cc3F)N2)cc1-c1cccnc1F. The maximum atomic E-state index is 14.5. The summed E-state index contributed by atoms with van der Waals surface area (Å²) in [7, 11) is 0. The van der Waals surface area contributed by atoms with Crippen LogP contribution in [0.15, 0.2) is 52.3 Å². The van der Waals surface area contributed by atoms with E-state index in [2.05, 4.69) is 15.3 Å². The number of hydrogen-bond acceptors (Lipinski definition) is 4. The molecule has 2 aromatic heterocycles. The summed E-state index contributed by atoms with van der Waals surface area (Å²) in [5, 5.41) is 3.39. The van der Waals surface area contributed by atoms with Gasteiger partial charge in [0.2, 0.25) is 5.95 Å². The third-order valence-electron chi connectivity index (χ3n) is 6.92. The van der Waals surface area contributed by atoms with Crippen LogP contribution in [0, 0.1) is 17.7 Å². The number of piperidine rings is 1. The molecule has 1 unspecified atom stereocenters. The smallest absolute Gasteiger partial charge is 0.304 e. The highest BCUT2D eigenvalue weighted by Gasteiger charge is 2.61. The number of halogens is 5. The third-order valence-corrected chi connectivity index (χ3v) is 6.92. The number of aromatic amines is 1. The van der Waals surface area contributed by atoms with Crippen LogP contribution in [0.5, 0.6) is 0 Å². The molecule has 6 nitrogen and oxygen atoms in total. The van der Waals surface area contributed by atoms with Crippen molar-refractivity contribution in [1.29, 1.82) is 0 Å². The van der Waals surface area contributed by atoms with E-state index < -0.39 is 40.3 Å². The van der Waals surface area contributed by atoms with Crippen LogP contribution >= 0.6 is 0 Å². The lowest BCUT2D eigenvalue weighted by Crippen LogP contribution is -2.35. The number of benzene rings is 1. The van der Waals surface area contributed by atoms with Crippen molar-refractivity contribution in [3.63, 3.8) is 0 Å². The van der Waals surface area contributed by atoms with Crippen LogP contribution in [0.2, 0.25) is 0 Å². The van der Waals surface area contributed by atoms with E-state index in [0.29, 0.717) is 25.3 Å². The van der Waals surface area contributed by atoms with Gasteiger partial charge in [-0.2, -0.15) is 17.6 Å². The minimum Gasteiger partial charge on any atom is -0.304 e. The van der Waals surface area contributed by atoms with E-state index in [1.54, 1.807) is 0 Å². The Kier molecular flexibility index (Phi) is 5.62. The molecule has 1 aromatic carbocycles. The second-order valence-electron chi connectivity index (χ2n) is 9.12. The summed E-state index contributed by atoms with van der Waals surface area (Å²) in [4.78, 5) is 30.1. The molecule has 1 saturated carbocycles. The predicted molar refractivity (Wildman–Crippen MR) is 116 cm³/mol. The Morgan fingerprint density at radius 3 is 2.66 bits per heavy atom. The van der Waals surface area contributed by atoms with Crippen molar-refractivity contribution in [2.24, 2.45) is 5.92 Å². The molecule has 1 aliphatic carbocycles. The lowest BCUT2D eigenvalue weighted by molar-refractivity contribution is -0.137. The molecule has 184 valence electrons. The molecule has 0 spiro atoms. The Labute approximate surface area is 195 Å². The quantitative estimate of drug-likeness (QED) is 0.404. The van der Waals surface area contributed by atoms with Crippen molar-refractivity contribution >= 4 is 0 Å². The Hall–Kier alpha value is -3.34. The molecule has 0 radical (unpaired) electrons. The topological polar surface area (TPSA) is 79.8 Å². The van der Waals surface area contributed by atoms with Crippen LogP contribution in [0.3, 0.4) is 0 Å². The monoisotopic (exact) mass is 492 g/mol. The van der Waals surface area contributed by atoms with E-state index in [0.717, 1.165) is 12.5 Å². The highest BCUT2D eigenvalue weighted by molar-refractivity contribution is 5.60. The van der Waals surface area contributed by atoms with E-state index in [4.69, 9.17) is 0 Å². The lowest BCUT2D eigenvalue weighted by Gasteiger charge is -2.21. The first-order chi connectivity index (χ1) is 16.6. The molecule has 2 aliphatic rings. The Morgan fingerprint density at radius 2 is 1.94 bits per heavy atom. The van der Waals surface area contributed by atoms with Gasteiger partial charge in [0.15, 0.2) is 0 Å². The minimum atomic E-state index is -4.60. The number of nitrogens with zero attached hydrogens (tertiary/aromatic N) is 2. The van der Waals surface area contributed by atoms with Gasteiger partial charge in [0.05, 0.1) is 11.1 Å². The summed E-state index contributed by atoms with van der Waals surface area (Å²) in [6, 6.07) is 5.55. The number of rotatable bonds is 6. The molecule has 0 amide bonds. The van der Waals surface area contributed by atoms with Crippen LogP contribution in [0.25, 0.3) is 11.1 Å². The minimum absolute atomic E-state index is 0.00384. The Balaban J connectivity index is 1.25. The normalized spacial score (nSPS) is 23.3. The first-order valence-electron chi connectivity index (χ1n) is 11.2. The van der Waals surface area contributed by atoms with Crippen LogP contribution < -0.4 is 16.6 Å². The number of alkyl halides is 3. The summed E-state index contributed by atoms with van der Waals surface area (Å²) >= 11 is 0. The van der Waals surface area contributed by atoms with Gasteiger partial charge in [-0.05, 0) is 55.9 Å². The molecule has 3 aromatic rings. The summed E-state index contributed by atoms with van der Waals surface area (Å²) in [5.41, 5.74) is -2.77. The Bertz CT molecular complexity index is 1400. The van der Waals surface area contributed by atoms with Crippen molar-refractivity contribution in [1.82, 2.24) is 19.9 Å². The van der Waals surface area contributed by atoms with Crippen LogP contribution in [0.1, 0.15) is 36.8 Å². The van der Waals surface area contributed by atoms with Crippen molar-refractivity contribution in [3.8, 4) is 11.1 Å². The van der Waals surface area contributed by atoms with Gasteiger partial charge >= 0.3 is 11.9 Å². The standard InChI is InChI=1S/C24H21F5N4O2/c25-19-10-13(24(27,28)29)5-6-18(19)23-11-14(23)9-15(32-23)3-2-8-33-12-17(21(34)31-22(33)35)16-4-1-7-30-20(16)26/h1,4-7,10,12,14-15,32H,2-3,8-9,11H2,(H,31,34,35)/t14-,15?,23+/m1/s1. The molecule has 1 aliphatic heterocycles. The number of aryl methyl sites for hydroxylation is 1. The van der Waals surface area contributed by atoms with Crippen LogP contribution in [-0.4, -0.2) is 20.6 Å². The molecular formula is C24H21F5N4O2. The molecule has 3 heterocycles. The summed E-state index contributed by atoms with van der Waals surface area (Å²) < 4.78 is 68.5. The van der Waals surface area contributed by atoms with Crippen molar-refractivity contribution in [2.45, 2.75) is 50.0 Å². The maximum Gasteiger partial charge on any atom is 0.416 e. The van der Waals surface area contributed by atoms with E-state index in [-0.39, 0.29) is 35.2 Å². The van der Waals surface area contributed by atoms with Gasteiger partial charge in [-0.3, -0.25) is 14.3 Å². The van der Waals surface area contributed by atoms with Gasteiger partial charge in [0.25, 0.3) is 5.56 Å². The highest BCUT2D eigenvalue weighted by Crippen LogP contribution is 2.59. The zero-order valence-corrected chi connectivity index (χ0v) is 18.3. The van der Waals surface area contributed by atoms with Gasteiger partial charge in [-0.25, -0.2) is 14.2 Å². The Morgan fingerprint density at radius 1 is 1.14 bits per heavy atom. The van der Waals surface area contributed by atoms with Crippen molar-refractivity contribution in [3.05, 3.63) is 86.5 Å². The second kappa shape index (κ2) is 8.40. The third kappa shape index (κ3) is 4.29. The number of fused-ring (bicyclic) bond motifs is 1. The molecule has 11 heteroatoms. The molecule has 2 N–H and O–H groups in total. The molecule has 0 bridgehead atoms. The zero-order chi connectivity index (χ0) is 25.0. The summed E-state index contributed by atoms with van der Waals surface area (Å²) in [5.74, 6) is -1.56. The van der Waals surface area contributed by atoms with Crippen molar-refractivity contribution in [2.75, 3.05) is 0 Å². The summed E-state index contributed by atoms with van der Waals surface area (Å²) in [6.07, 6.45) is 0.525. The molecule has 5 rings (SSSR count). The van der Waals surface area contributed by atoms with Crippen LogP contribution in [0.4, 0.5) is 22.0 Å².